The van der Waals surface area contributed by atoms with Crippen LogP contribution in [0, 0.1) is 10.1 Å². The van der Waals surface area contributed by atoms with E-state index in [1.54, 1.807) is 12.1 Å². The summed E-state index contributed by atoms with van der Waals surface area (Å²) in [6, 6.07) is 6.33. The Labute approximate surface area is 75.3 Å². The van der Waals surface area contributed by atoms with E-state index in [0.717, 1.165) is 0 Å². The van der Waals surface area contributed by atoms with Crippen molar-refractivity contribution in [3.63, 3.8) is 0 Å². The molecule has 0 amide bonds. The Morgan fingerprint density at radius 2 is 2.31 bits per heavy atom. The number of aromatic hydroxyl groups is 1. The SMILES string of the molecule is C=C(Cc1cccc(O)c1)[N+](=O)[O-]. The van der Waals surface area contributed by atoms with Gasteiger partial charge in [-0.15, -0.1) is 0 Å². The minimum Gasteiger partial charge on any atom is -0.508 e. The second kappa shape index (κ2) is 3.71. The summed E-state index contributed by atoms with van der Waals surface area (Å²) in [5.41, 5.74) is 0.604. The third kappa shape index (κ3) is 2.59. The van der Waals surface area contributed by atoms with Crippen molar-refractivity contribution in [2.75, 3.05) is 0 Å². The summed E-state index contributed by atoms with van der Waals surface area (Å²) in [6.07, 6.45) is 0.154. The second-order valence-electron chi connectivity index (χ2n) is 2.67. The maximum Gasteiger partial charge on any atom is 0.243 e. The molecule has 13 heavy (non-hydrogen) atoms. The molecule has 4 heteroatoms. The Kier molecular flexibility index (Phi) is 2.64. The van der Waals surface area contributed by atoms with E-state index in [1.165, 1.54) is 12.1 Å². The highest BCUT2D eigenvalue weighted by Crippen LogP contribution is 2.13. The summed E-state index contributed by atoms with van der Waals surface area (Å²) in [6.45, 7) is 3.30. The molecule has 0 aliphatic rings. The van der Waals surface area contributed by atoms with Crippen LogP contribution in [0.1, 0.15) is 5.56 Å². The fourth-order valence-corrected chi connectivity index (χ4v) is 0.967. The normalized spacial score (nSPS) is 9.54. The highest BCUT2D eigenvalue weighted by Gasteiger charge is 2.07. The van der Waals surface area contributed by atoms with Crippen molar-refractivity contribution in [1.29, 1.82) is 0 Å². The molecule has 0 atom stereocenters. The Hall–Kier alpha value is -1.84. The lowest BCUT2D eigenvalue weighted by molar-refractivity contribution is -0.426. The Morgan fingerprint density at radius 3 is 2.85 bits per heavy atom. The van der Waals surface area contributed by atoms with Gasteiger partial charge in [-0.05, 0) is 24.3 Å². The van der Waals surface area contributed by atoms with Gasteiger partial charge in [-0.25, -0.2) is 0 Å². The molecule has 1 aromatic carbocycles. The summed E-state index contributed by atoms with van der Waals surface area (Å²) in [5.74, 6) is 0.105. The van der Waals surface area contributed by atoms with Crippen molar-refractivity contribution in [3.05, 3.63) is 52.2 Å². The number of allylic oxidation sites excluding steroid dienone is 1. The third-order valence-corrected chi connectivity index (χ3v) is 1.58. The van der Waals surface area contributed by atoms with Gasteiger partial charge in [0.15, 0.2) is 0 Å². The molecule has 1 aromatic rings. The molecule has 0 heterocycles. The summed E-state index contributed by atoms with van der Waals surface area (Å²) >= 11 is 0. The van der Waals surface area contributed by atoms with Crippen LogP contribution in [0.25, 0.3) is 0 Å². The molecule has 0 spiro atoms. The van der Waals surface area contributed by atoms with Crippen LogP contribution in [0.2, 0.25) is 0 Å². The molecular formula is C9H9NO3. The van der Waals surface area contributed by atoms with E-state index in [0.29, 0.717) is 5.56 Å². The monoisotopic (exact) mass is 179 g/mol. The lowest BCUT2D eigenvalue weighted by atomic mass is 10.1. The van der Waals surface area contributed by atoms with Gasteiger partial charge in [0.1, 0.15) is 5.75 Å². The summed E-state index contributed by atoms with van der Waals surface area (Å²) in [7, 11) is 0. The van der Waals surface area contributed by atoms with E-state index < -0.39 is 4.92 Å². The number of nitro groups is 1. The van der Waals surface area contributed by atoms with Crippen LogP contribution in [0.4, 0.5) is 0 Å². The van der Waals surface area contributed by atoms with Gasteiger partial charge in [0, 0.05) is 0 Å². The lowest BCUT2D eigenvalue weighted by Gasteiger charge is -1.98. The molecule has 0 bridgehead atoms. The van der Waals surface area contributed by atoms with Gasteiger partial charge >= 0.3 is 0 Å². The first-order valence-electron chi connectivity index (χ1n) is 3.69. The maximum absolute atomic E-state index is 10.2. The number of hydrogen-bond acceptors (Lipinski definition) is 3. The fourth-order valence-electron chi connectivity index (χ4n) is 0.967. The van der Waals surface area contributed by atoms with Gasteiger partial charge in [-0.3, -0.25) is 10.1 Å². The van der Waals surface area contributed by atoms with Crippen LogP contribution in [-0.2, 0) is 6.42 Å². The van der Waals surface area contributed by atoms with Crippen molar-refractivity contribution in [2.45, 2.75) is 6.42 Å². The maximum atomic E-state index is 10.2. The zero-order valence-electron chi connectivity index (χ0n) is 6.93. The van der Waals surface area contributed by atoms with Crippen LogP contribution in [-0.4, -0.2) is 10.0 Å². The zero-order chi connectivity index (χ0) is 9.84. The van der Waals surface area contributed by atoms with Crippen molar-refractivity contribution >= 4 is 0 Å². The van der Waals surface area contributed by atoms with E-state index in [2.05, 4.69) is 6.58 Å². The first-order chi connectivity index (χ1) is 6.09. The predicted molar refractivity (Wildman–Crippen MR) is 47.9 cm³/mol. The number of hydrogen-bond donors (Lipinski definition) is 1. The molecule has 0 saturated heterocycles. The van der Waals surface area contributed by atoms with Crippen LogP contribution < -0.4 is 0 Å². The predicted octanol–water partition coefficient (Wildman–Crippen LogP) is 1.73. The van der Waals surface area contributed by atoms with Gasteiger partial charge in [-0.1, -0.05) is 12.1 Å². The van der Waals surface area contributed by atoms with Crippen molar-refractivity contribution in [3.8, 4) is 5.75 Å². The smallest absolute Gasteiger partial charge is 0.243 e. The molecule has 1 rings (SSSR count). The number of rotatable bonds is 3. The van der Waals surface area contributed by atoms with Crippen LogP contribution in [0.5, 0.6) is 5.75 Å². The first-order valence-corrected chi connectivity index (χ1v) is 3.69. The molecular weight excluding hydrogens is 170 g/mol. The highest BCUT2D eigenvalue weighted by atomic mass is 16.6. The topological polar surface area (TPSA) is 63.4 Å². The number of nitrogens with zero attached hydrogens (tertiary/aromatic N) is 1. The van der Waals surface area contributed by atoms with Crippen LogP contribution in [0.15, 0.2) is 36.5 Å². The summed E-state index contributed by atoms with van der Waals surface area (Å²) in [5, 5.41) is 19.3. The number of phenolic OH excluding ortho intramolecular Hbond substituents is 1. The standard InChI is InChI=1S/C9H9NO3/c1-7(10(12)13)5-8-3-2-4-9(11)6-8/h2-4,6,11H,1,5H2. The average molecular weight is 179 g/mol. The summed E-state index contributed by atoms with van der Waals surface area (Å²) < 4.78 is 0. The molecule has 1 N–H and O–H groups in total. The number of benzene rings is 1. The Bertz CT molecular complexity index is 346. The van der Waals surface area contributed by atoms with E-state index in [4.69, 9.17) is 5.11 Å². The van der Waals surface area contributed by atoms with Crippen molar-refractivity contribution in [2.24, 2.45) is 0 Å². The zero-order valence-corrected chi connectivity index (χ0v) is 6.93. The van der Waals surface area contributed by atoms with Crippen LogP contribution >= 0.6 is 0 Å². The van der Waals surface area contributed by atoms with Gasteiger partial charge < -0.3 is 5.11 Å². The largest absolute Gasteiger partial charge is 0.508 e. The molecule has 0 aliphatic carbocycles. The van der Waals surface area contributed by atoms with Gasteiger partial charge in [0.25, 0.3) is 0 Å². The number of phenols is 1. The lowest BCUT2D eigenvalue weighted by Crippen LogP contribution is -2.00. The minimum absolute atomic E-state index is 0.0781. The highest BCUT2D eigenvalue weighted by molar-refractivity contribution is 5.28. The Balaban J connectivity index is 2.75. The third-order valence-electron chi connectivity index (χ3n) is 1.58. The van der Waals surface area contributed by atoms with Crippen LogP contribution in [0.3, 0.4) is 0 Å². The average Bonchev–Trinajstić information content (AvgIpc) is 2.04. The molecule has 0 aliphatic heterocycles. The molecule has 0 radical (unpaired) electrons. The molecule has 68 valence electrons. The van der Waals surface area contributed by atoms with Gasteiger partial charge in [0.05, 0.1) is 11.3 Å². The van der Waals surface area contributed by atoms with Crippen molar-refractivity contribution in [1.82, 2.24) is 0 Å². The first kappa shape index (κ1) is 9.25. The fraction of sp³-hybridized carbons (Fsp3) is 0.111. The second-order valence-corrected chi connectivity index (χ2v) is 2.67. The summed E-state index contributed by atoms with van der Waals surface area (Å²) in [4.78, 5) is 9.71. The molecule has 0 saturated carbocycles. The van der Waals surface area contributed by atoms with E-state index in [1.807, 2.05) is 0 Å². The molecule has 0 fully saturated rings. The van der Waals surface area contributed by atoms with E-state index in [-0.39, 0.29) is 17.9 Å². The Morgan fingerprint density at radius 1 is 1.62 bits per heavy atom. The molecule has 4 nitrogen and oxygen atoms in total. The van der Waals surface area contributed by atoms with Gasteiger partial charge in [-0.2, -0.15) is 0 Å². The molecule has 0 unspecified atom stereocenters. The van der Waals surface area contributed by atoms with Gasteiger partial charge in [0.2, 0.25) is 5.70 Å². The van der Waals surface area contributed by atoms with Crippen molar-refractivity contribution < 1.29 is 10.0 Å². The quantitative estimate of drug-likeness (QED) is 0.567. The molecule has 0 aromatic heterocycles. The van der Waals surface area contributed by atoms with E-state index in [9.17, 15) is 10.1 Å². The van der Waals surface area contributed by atoms with E-state index >= 15 is 0 Å². The minimum atomic E-state index is -0.524.